The molecule has 0 aliphatic carbocycles. The van der Waals surface area contributed by atoms with Crippen LogP contribution < -0.4 is 5.32 Å². The lowest BCUT2D eigenvalue weighted by Gasteiger charge is -2.28. The first-order chi connectivity index (χ1) is 10.7. The quantitative estimate of drug-likeness (QED) is 0.649. The Morgan fingerprint density at radius 2 is 2.00 bits per heavy atom. The first-order valence-corrected chi connectivity index (χ1v) is 7.76. The maximum Gasteiger partial charge on any atom is 0.321 e. The molecule has 1 heterocycles. The molecular weight excluding hydrogens is 280 g/mol. The van der Waals surface area contributed by atoms with E-state index >= 15 is 0 Å². The van der Waals surface area contributed by atoms with Crippen molar-refractivity contribution in [1.29, 1.82) is 0 Å². The number of nitrogens with one attached hydrogen (secondary N) is 1. The lowest BCUT2D eigenvalue weighted by Crippen LogP contribution is -2.46. The highest BCUT2D eigenvalue weighted by Gasteiger charge is 2.40. The second-order valence-electron chi connectivity index (χ2n) is 5.25. The Morgan fingerprint density at radius 3 is 2.64 bits per heavy atom. The van der Waals surface area contributed by atoms with Gasteiger partial charge in [-0.15, -0.1) is 0 Å². The summed E-state index contributed by atoms with van der Waals surface area (Å²) < 4.78 is 5.05. The number of nitrogens with zero attached hydrogens (tertiary/aromatic N) is 1. The predicted octanol–water partition coefficient (Wildman–Crippen LogP) is 2.63. The molecule has 0 spiro atoms. The first kappa shape index (κ1) is 16.2. The number of benzene rings is 1. The van der Waals surface area contributed by atoms with Crippen molar-refractivity contribution in [3.05, 3.63) is 35.9 Å². The zero-order valence-electron chi connectivity index (χ0n) is 13.0. The highest BCUT2D eigenvalue weighted by atomic mass is 16.5. The second-order valence-corrected chi connectivity index (χ2v) is 5.25. The van der Waals surface area contributed by atoms with Crippen molar-refractivity contribution in [3.63, 3.8) is 0 Å². The Bertz CT molecular complexity index is 554. The molecule has 1 aromatic carbocycles. The summed E-state index contributed by atoms with van der Waals surface area (Å²) in [6, 6.07) is 8.91. The molecule has 0 aromatic heterocycles. The predicted molar refractivity (Wildman–Crippen MR) is 84.4 cm³/mol. The maximum atomic E-state index is 12.4. The van der Waals surface area contributed by atoms with Gasteiger partial charge in [0.2, 0.25) is 5.91 Å². The Kier molecular flexibility index (Phi) is 5.69. The summed E-state index contributed by atoms with van der Waals surface area (Å²) in [5.41, 5.74) is 0.851. The van der Waals surface area contributed by atoms with Gasteiger partial charge in [0.1, 0.15) is 5.84 Å². The van der Waals surface area contributed by atoms with E-state index in [2.05, 4.69) is 17.2 Å². The highest BCUT2D eigenvalue weighted by molar-refractivity contribution is 6.09. The van der Waals surface area contributed by atoms with Crippen molar-refractivity contribution in [2.24, 2.45) is 10.9 Å². The Hall–Kier alpha value is -2.17. The molecule has 2 atom stereocenters. The molecule has 0 saturated heterocycles. The normalized spacial score (nSPS) is 21.0. The van der Waals surface area contributed by atoms with Crippen molar-refractivity contribution >= 4 is 17.7 Å². The van der Waals surface area contributed by atoms with Crippen LogP contribution in [-0.4, -0.2) is 24.3 Å². The number of ether oxygens (including phenoxy) is 1. The van der Waals surface area contributed by atoms with Gasteiger partial charge >= 0.3 is 5.97 Å². The van der Waals surface area contributed by atoms with Gasteiger partial charge in [0.25, 0.3) is 0 Å². The fourth-order valence-electron chi connectivity index (χ4n) is 2.49. The molecule has 1 aromatic rings. The summed E-state index contributed by atoms with van der Waals surface area (Å²) in [4.78, 5) is 29.1. The van der Waals surface area contributed by atoms with Crippen LogP contribution >= 0.6 is 0 Å². The Labute approximate surface area is 130 Å². The molecule has 118 valence electrons. The molecule has 0 radical (unpaired) electrons. The number of aliphatic imine (C=N–C) groups is 1. The van der Waals surface area contributed by atoms with Crippen LogP contribution in [0.4, 0.5) is 0 Å². The van der Waals surface area contributed by atoms with E-state index in [0.717, 1.165) is 18.4 Å². The molecule has 0 saturated carbocycles. The van der Waals surface area contributed by atoms with Gasteiger partial charge < -0.3 is 10.1 Å². The van der Waals surface area contributed by atoms with Crippen LogP contribution in [0.1, 0.15) is 44.7 Å². The number of amidine groups is 1. The van der Waals surface area contributed by atoms with E-state index < -0.39 is 17.9 Å². The SMILES string of the molecule is CCCCC1=N[C@@H](c2ccccc2)[C@@H](C(=O)OCC)C(=O)N1. The van der Waals surface area contributed by atoms with E-state index in [9.17, 15) is 9.59 Å². The molecule has 1 aliphatic heterocycles. The van der Waals surface area contributed by atoms with Crippen LogP contribution in [0.3, 0.4) is 0 Å². The summed E-state index contributed by atoms with van der Waals surface area (Å²) in [7, 11) is 0. The molecule has 1 N–H and O–H groups in total. The molecule has 22 heavy (non-hydrogen) atoms. The van der Waals surface area contributed by atoms with E-state index in [-0.39, 0.29) is 12.5 Å². The molecule has 5 heteroatoms. The minimum Gasteiger partial charge on any atom is -0.465 e. The molecule has 1 aliphatic rings. The van der Waals surface area contributed by atoms with Crippen LogP contribution in [0.2, 0.25) is 0 Å². The van der Waals surface area contributed by atoms with Gasteiger partial charge in [0.05, 0.1) is 12.6 Å². The average Bonchev–Trinajstić information content (AvgIpc) is 2.53. The standard InChI is InChI=1S/C17H22N2O3/c1-3-5-11-13-18-15(12-9-7-6-8-10-12)14(16(20)19-13)17(21)22-4-2/h6-10,14-15H,3-5,11H2,1-2H3,(H,18,19,20)/t14-,15+/m1/s1. The maximum absolute atomic E-state index is 12.4. The van der Waals surface area contributed by atoms with Crippen molar-refractivity contribution in [2.75, 3.05) is 6.61 Å². The summed E-state index contributed by atoms with van der Waals surface area (Å²) in [5.74, 6) is -1.12. The largest absolute Gasteiger partial charge is 0.465 e. The lowest BCUT2D eigenvalue weighted by atomic mass is 9.91. The third-order valence-electron chi connectivity index (χ3n) is 3.61. The van der Waals surface area contributed by atoms with Crippen molar-refractivity contribution in [2.45, 2.75) is 39.2 Å². The Balaban J connectivity index is 2.33. The van der Waals surface area contributed by atoms with E-state index in [1.54, 1.807) is 6.92 Å². The van der Waals surface area contributed by atoms with E-state index in [4.69, 9.17) is 4.74 Å². The highest BCUT2D eigenvalue weighted by Crippen LogP contribution is 2.30. The number of carbonyl (C=O) groups is 2. The van der Waals surface area contributed by atoms with Gasteiger partial charge in [-0.25, -0.2) is 0 Å². The van der Waals surface area contributed by atoms with Gasteiger partial charge in [-0.3, -0.25) is 14.6 Å². The molecule has 0 unspecified atom stereocenters. The fraction of sp³-hybridized carbons (Fsp3) is 0.471. The summed E-state index contributed by atoms with van der Waals surface area (Å²) in [6.45, 7) is 4.06. The van der Waals surface area contributed by atoms with E-state index in [1.165, 1.54) is 0 Å². The molecule has 0 bridgehead atoms. The van der Waals surface area contributed by atoms with Crippen LogP contribution in [0.15, 0.2) is 35.3 Å². The minimum absolute atomic E-state index is 0.247. The first-order valence-electron chi connectivity index (χ1n) is 7.76. The van der Waals surface area contributed by atoms with Gasteiger partial charge in [-0.1, -0.05) is 43.7 Å². The monoisotopic (exact) mass is 302 g/mol. The zero-order chi connectivity index (χ0) is 15.9. The molecular formula is C17H22N2O3. The lowest BCUT2D eigenvalue weighted by molar-refractivity contribution is -0.153. The fourth-order valence-corrected chi connectivity index (χ4v) is 2.49. The number of hydrogen-bond acceptors (Lipinski definition) is 4. The van der Waals surface area contributed by atoms with Crippen LogP contribution in [-0.2, 0) is 14.3 Å². The summed E-state index contributed by atoms with van der Waals surface area (Å²) in [6.07, 6.45) is 2.68. The molecule has 1 amide bonds. The number of rotatable bonds is 6. The van der Waals surface area contributed by atoms with Crippen molar-refractivity contribution < 1.29 is 14.3 Å². The molecule has 0 fully saturated rings. The molecule has 2 rings (SSSR count). The van der Waals surface area contributed by atoms with Gasteiger partial charge in [0, 0.05) is 6.42 Å². The van der Waals surface area contributed by atoms with E-state index in [1.807, 2.05) is 30.3 Å². The minimum atomic E-state index is -0.923. The number of hydrogen-bond donors (Lipinski definition) is 1. The second kappa shape index (κ2) is 7.73. The van der Waals surface area contributed by atoms with Gasteiger partial charge in [-0.05, 0) is 18.9 Å². The molecule has 5 nitrogen and oxygen atoms in total. The van der Waals surface area contributed by atoms with Gasteiger partial charge in [0.15, 0.2) is 5.92 Å². The third-order valence-corrected chi connectivity index (χ3v) is 3.61. The van der Waals surface area contributed by atoms with E-state index in [0.29, 0.717) is 12.3 Å². The topological polar surface area (TPSA) is 67.8 Å². The smallest absolute Gasteiger partial charge is 0.321 e. The van der Waals surface area contributed by atoms with Crippen molar-refractivity contribution in [1.82, 2.24) is 5.32 Å². The number of carbonyl (C=O) groups excluding carboxylic acids is 2. The summed E-state index contributed by atoms with van der Waals surface area (Å²) >= 11 is 0. The Morgan fingerprint density at radius 1 is 1.27 bits per heavy atom. The zero-order valence-corrected chi connectivity index (χ0v) is 13.0. The van der Waals surface area contributed by atoms with Crippen LogP contribution in [0.5, 0.6) is 0 Å². The van der Waals surface area contributed by atoms with Crippen molar-refractivity contribution in [3.8, 4) is 0 Å². The summed E-state index contributed by atoms with van der Waals surface area (Å²) in [5, 5.41) is 2.75. The van der Waals surface area contributed by atoms with Crippen LogP contribution in [0.25, 0.3) is 0 Å². The number of esters is 1. The average molecular weight is 302 g/mol. The number of amides is 1. The van der Waals surface area contributed by atoms with Gasteiger partial charge in [-0.2, -0.15) is 0 Å². The van der Waals surface area contributed by atoms with Crippen LogP contribution in [0, 0.1) is 5.92 Å². The number of unbranched alkanes of at least 4 members (excludes halogenated alkanes) is 1. The third kappa shape index (κ3) is 3.72.